The van der Waals surface area contributed by atoms with E-state index in [2.05, 4.69) is 53.2 Å². The summed E-state index contributed by atoms with van der Waals surface area (Å²) < 4.78 is 0. The lowest BCUT2D eigenvalue weighted by Crippen LogP contribution is -2.49. The number of hydrogen-bond acceptors (Lipinski definition) is 4. The molecule has 0 radical (unpaired) electrons. The van der Waals surface area contributed by atoms with Gasteiger partial charge in [0.2, 0.25) is 0 Å². The molecule has 1 saturated heterocycles. The van der Waals surface area contributed by atoms with Crippen LogP contribution in [0.4, 0.5) is 0 Å². The molecule has 5 nitrogen and oxygen atoms in total. The van der Waals surface area contributed by atoms with E-state index in [-0.39, 0.29) is 24.0 Å². The van der Waals surface area contributed by atoms with Gasteiger partial charge in [-0.05, 0) is 40.5 Å². The number of guanidine groups is 1. The molecule has 0 atom stereocenters. The molecule has 132 valence electrons. The molecule has 1 aliphatic heterocycles. The molecule has 1 aliphatic rings. The number of aryl methyl sites for hydroxylation is 2. The Bertz CT molecular complexity index is 507. The molecule has 0 unspecified atom stereocenters. The van der Waals surface area contributed by atoms with Crippen molar-refractivity contribution in [3.8, 4) is 0 Å². The zero-order valence-corrected chi connectivity index (χ0v) is 18.0. The Labute approximate surface area is 161 Å². The van der Waals surface area contributed by atoms with Gasteiger partial charge in [-0.25, -0.2) is 4.98 Å². The highest BCUT2D eigenvalue weighted by molar-refractivity contribution is 14.0. The summed E-state index contributed by atoms with van der Waals surface area (Å²) in [6, 6.07) is 1.17. The van der Waals surface area contributed by atoms with Crippen molar-refractivity contribution in [3.63, 3.8) is 0 Å². The molecule has 0 spiro atoms. The summed E-state index contributed by atoms with van der Waals surface area (Å²) in [6.45, 7) is 11.8. The highest BCUT2D eigenvalue weighted by atomic mass is 127. The van der Waals surface area contributed by atoms with E-state index in [0.717, 1.165) is 23.2 Å². The molecule has 0 aromatic carbocycles. The number of nitrogens with zero attached hydrogens (tertiary/aromatic N) is 3. The highest BCUT2D eigenvalue weighted by Crippen LogP contribution is 2.16. The summed E-state index contributed by atoms with van der Waals surface area (Å²) >= 11 is 1.75. The average Bonchev–Trinajstić information content (AvgIpc) is 2.81. The van der Waals surface area contributed by atoms with Gasteiger partial charge in [0.25, 0.3) is 0 Å². The summed E-state index contributed by atoms with van der Waals surface area (Å²) in [4.78, 5) is 12.6. The van der Waals surface area contributed by atoms with Crippen LogP contribution < -0.4 is 10.6 Å². The van der Waals surface area contributed by atoms with Crippen LogP contribution in [-0.2, 0) is 6.54 Å². The maximum Gasteiger partial charge on any atom is 0.191 e. The lowest BCUT2D eigenvalue weighted by molar-refractivity contribution is 0.167. The van der Waals surface area contributed by atoms with Crippen LogP contribution in [0.15, 0.2) is 4.99 Å². The quantitative estimate of drug-likeness (QED) is 0.420. The lowest BCUT2D eigenvalue weighted by atomic mass is 10.0. The molecule has 1 aromatic heterocycles. The van der Waals surface area contributed by atoms with Crippen LogP contribution in [0, 0.1) is 13.8 Å². The first-order chi connectivity index (χ1) is 10.5. The zero-order valence-electron chi connectivity index (χ0n) is 14.8. The van der Waals surface area contributed by atoms with Crippen LogP contribution in [0.25, 0.3) is 0 Å². The number of aliphatic imine (C=N–C) groups is 1. The van der Waals surface area contributed by atoms with Crippen molar-refractivity contribution in [3.05, 3.63) is 15.6 Å². The van der Waals surface area contributed by atoms with E-state index in [9.17, 15) is 0 Å². The molecule has 2 N–H and O–H groups in total. The molecule has 0 bridgehead atoms. The first-order valence-electron chi connectivity index (χ1n) is 8.13. The summed E-state index contributed by atoms with van der Waals surface area (Å²) in [5.74, 6) is 0.897. The van der Waals surface area contributed by atoms with Gasteiger partial charge in [-0.3, -0.25) is 4.99 Å². The minimum absolute atomic E-state index is 0. The van der Waals surface area contributed by atoms with Crippen molar-refractivity contribution in [2.45, 2.75) is 59.2 Å². The number of piperidine rings is 1. The zero-order chi connectivity index (χ0) is 16.1. The minimum Gasteiger partial charge on any atom is -0.354 e. The molecular formula is C16H30IN5S. The molecule has 0 aliphatic carbocycles. The Morgan fingerprint density at radius 1 is 1.35 bits per heavy atom. The van der Waals surface area contributed by atoms with Crippen molar-refractivity contribution in [1.82, 2.24) is 20.5 Å². The molecule has 0 saturated carbocycles. The van der Waals surface area contributed by atoms with Crippen LogP contribution in [0.2, 0.25) is 0 Å². The third-order valence-corrected chi connectivity index (χ3v) is 5.31. The average molecular weight is 451 g/mol. The molecule has 1 fully saturated rings. The standard InChI is InChI=1S/C16H29N5S.HI/c1-11(2)21-8-6-14(7-9-21)20-16(17-5)18-10-15-12(3)19-13(4)22-15;/h11,14H,6-10H2,1-5H3,(H2,17,18,20);1H. The van der Waals surface area contributed by atoms with Crippen molar-refractivity contribution in [2.24, 2.45) is 4.99 Å². The van der Waals surface area contributed by atoms with Crippen LogP contribution in [0.1, 0.15) is 42.3 Å². The van der Waals surface area contributed by atoms with Gasteiger partial charge in [0.1, 0.15) is 0 Å². The minimum atomic E-state index is 0. The van der Waals surface area contributed by atoms with E-state index in [1.807, 2.05) is 7.05 Å². The summed E-state index contributed by atoms with van der Waals surface area (Å²) in [6.07, 6.45) is 2.36. The first kappa shape index (κ1) is 20.6. The number of rotatable bonds is 4. The molecule has 1 aromatic rings. The van der Waals surface area contributed by atoms with Gasteiger partial charge < -0.3 is 15.5 Å². The van der Waals surface area contributed by atoms with Crippen LogP contribution in [0.5, 0.6) is 0 Å². The van der Waals surface area contributed by atoms with Gasteiger partial charge in [0, 0.05) is 37.1 Å². The molecule has 0 amide bonds. The van der Waals surface area contributed by atoms with Crippen LogP contribution in [-0.4, -0.2) is 48.1 Å². The fourth-order valence-corrected chi connectivity index (χ4v) is 3.73. The van der Waals surface area contributed by atoms with Gasteiger partial charge in [-0.1, -0.05) is 0 Å². The van der Waals surface area contributed by atoms with Crippen molar-refractivity contribution in [1.29, 1.82) is 0 Å². The lowest BCUT2D eigenvalue weighted by Gasteiger charge is -2.35. The number of likely N-dealkylation sites (tertiary alicyclic amines) is 1. The summed E-state index contributed by atoms with van der Waals surface area (Å²) in [7, 11) is 1.84. The molecule has 23 heavy (non-hydrogen) atoms. The molecule has 2 rings (SSSR count). The van der Waals surface area contributed by atoms with Gasteiger partial charge in [0.15, 0.2) is 5.96 Å². The van der Waals surface area contributed by atoms with Crippen LogP contribution in [0.3, 0.4) is 0 Å². The van der Waals surface area contributed by atoms with Gasteiger partial charge in [-0.2, -0.15) is 0 Å². The predicted octanol–water partition coefficient (Wildman–Crippen LogP) is 2.92. The molecular weight excluding hydrogens is 421 g/mol. The fraction of sp³-hybridized carbons (Fsp3) is 0.750. The second-order valence-electron chi connectivity index (χ2n) is 6.22. The highest BCUT2D eigenvalue weighted by Gasteiger charge is 2.21. The van der Waals surface area contributed by atoms with Crippen molar-refractivity contribution >= 4 is 41.3 Å². The fourth-order valence-electron chi connectivity index (χ4n) is 2.85. The van der Waals surface area contributed by atoms with Gasteiger partial charge in [-0.15, -0.1) is 35.3 Å². The SMILES string of the molecule is CN=C(NCc1sc(C)nc1C)NC1CCN(C(C)C)CC1.I. The van der Waals surface area contributed by atoms with Crippen LogP contribution >= 0.6 is 35.3 Å². The Morgan fingerprint density at radius 2 is 2.00 bits per heavy atom. The largest absolute Gasteiger partial charge is 0.354 e. The van der Waals surface area contributed by atoms with E-state index in [4.69, 9.17) is 0 Å². The third kappa shape index (κ3) is 6.19. The Hall–Kier alpha value is -0.410. The van der Waals surface area contributed by atoms with E-state index in [0.29, 0.717) is 12.1 Å². The second kappa shape index (κ2) is 9.78. The number of nitrogens with one attached hydrogen (secondary N) is 2. The van der Waals surface area contributed by atoms with Crippen molar-refractivity contribution in [2.75, 3.05) is 20.1 Å². The predicted molar refractivity (Wildman–Crippen MR) is 110 cm³/mol. The number of thiazole rings is 1. The van der Waals surface area contributed by atoms with Gasteiger partial charge in [0.05, 0.1) is 17.2 Å². The maximum atomic E-state index is 4.47. The molecule has 2 heterocycles. The normalized spacial score (nSPS) is 17.2. The monoisotopic (exact) mass is 451 g/mol. The number of aromatic nitrogens is 1. The second-order valence-corrected chi connectivity index (χ2v) is 7.50. The van der Waals surface area contributed by atoms with Gasteiger partial charge >= 0.3 is 0 Å². The first-order valence-corrected chi connectivity index (χ1v) is 8.95. The molecule has 7 heteroatoms. The van der Waals surface area contributed by atoms with E-state index in [1.165, 1.54) is 30.8 Å². The number of hydrogen-bond donors (Lipinski definition) is 2. The smallest absolute Gasteiger partial charge is 0.191 e. The number of halogens is 1. The third-order valence-electron chi connectivity index (χ3n) is 4.24. The summed E-state index contributed by atoms with van der Waals surface area (Å²) in [5, 5.41) is 8.10. The van der Waals surface area contributed by atoms with E-state index in [1.54, 1.807) is 11.3 Å². The maximum absolute atomic E-state index is 4.47. The Balaban J connectivity index is 0.00000264. The van der Waals surface area contributed by atoms with E-state index < -0.39 is 0 Å². The van der Waals surface area contributed by atoms with E-state index >= 15 is 0 Å². The topological polar surface area (TPSA) is 52.6 Å². The Kier molecular flexibility index (Phi) is 8.78. The Morgan fingerprint density at radius 3 is 2.48 bits per heavy atom. The van der Waals surface area contributed by atoms with Crippen molar-refractivity contribution < 1.29 is 0 Å². The summed E-state index contributed by atoms with van der Waals surface area (Å²) in [5.41, 5.74) is 1.12.